The molecule has 114 valence electrons. The summed E-state index contributed by atoms with van der Waals surface area (Å²) >= 11 is 0. The van der Waals surface area contributed by atoms with Gasteiger partial charge in [0.1, 0.15) is 0 Å². The molecular formula is C17H16F2N2O. The van der Waals surface area contributed by atoms with E-state index in [0.29, 0.717) is 17.3 Å². The first-order chi connectivity index (χ1) is 10.6. The van der Waals surface area contributed by atoms with Gasteiger partial charge in [0.05, 0.1) is 5.69 Å². The number of hydrogen-bond acceptors (Lipinski definition) is 2. The third-order valence-corrected chi connectivity index (χ3v) is 3.67. The molecule has 1 aliphatic carbocycles. The number of carbonyl (C=O) groups excluding carboxylic acids is 1. The molecule has 0 atom stereocenters. The normalized spacial score (nSPS) is 13.8. The van der Waals surface area contributed by atoms with Crippen LogP contribution >= 0.6 is 0 Å². The monoisotopic (exact) mass is 302 g/mol. The van der Waals surface area contributed by atoms with Crippen molar-refractivity contribution in [2.24, 2.45) is 0 Å². The van der Waals surface area contributed by atoms with Crippen LogP contribution in [-0.2, 0) is 0 Å². The van der Waals surface area contributed by atoms with Crippen molar-refractivity contribution in [3.8, 4) is 0 Å². The highest BCUT2D eigenvalue weighted by Gasteiger charge is 2.24. The zero-order valence-corrected chi connectivity index (χ0v) is 12.1. The van der Waals surface area contributed by atoms with Crippen molar-refractivity contribution in [1.29, 1.82) is 0 Å². The Hall–Kier alpha value is -2.43. The van der Waals surface area contributed by atoms with Crippen LogP contribution in [0, 0.1) is 18.6 Å². The number of anilines is 2. The molecule has 0 heterocycles. The fourth-order valence-corrected chi connectivity index (χ4v) is 2.19. The minimum atomic E-state index is -1.04. The van der Waals surface area contributed by atoms with Gasteiger partial charge in [0.25, 0.3) is 5.91 Å². The SMILES string of the molecule is Cc1c(NC2CC2)cc(NC(=O)c2ccccc2)c(F)c1F. The Morgan fingerprint density at radius 3 is 2.41 bits per heavy atom. The highest BCUT2D eigenvalue weighted by molar-refractivity contribution is 6.04. The van der Waals surface area contributed by atoms with Crippen LogP contribution in [-0.4, -0.2) is 11.9 Å². The van der Waals surface area contributed by atoms with E-state index in [1.165, 1.54) is 13.0 Å². The summed E-state index contributed by atoms with van der Waals surface area (Å²) in [7, 11) is 0. The average molecular weight is 302 g/mol. The van der Waals surface area contributed by atoms with Crippen LogP contribution in [0.1, 0.15) is 28.8 Å². The lowest BCUT2D eigenvalue weighted by Gasteiger charge is -2.14. The largest absolute Gasteiger partial charge is 0.382 e. The Kier molecular flexibility index (Phi) is 3.79. The molecular weight excluding hydrogens is 286 g/mol. The quantitative estimate of drug-likeness (QED) is 0.892. The van der Waals surface area contributed by atoms with Gasteiger partial charge in [-0.2, -0.15) is 0 Å². The molecule has 1 fully saturated rings. The molecule has 2 N–H and O–H groups in total. The van der Waals surface area contributed by atoms with Gasteiger partial charge in [0, 0.05) is 22.9 Å². The van der Waals surface area contributed by atoms with E-state index in [9.17, 15) is 13.6 Å². The summed E-state index contributed by atoms with van der Waals surface area (Å²) in [5.41, 5.74) is 0.978. The van der Waals surface area contributed by atoms with Gasteiger partial charge in [-0.15, -0.1) is 0 Å². The van der Waals surface area contributed by atoms with Gasteiger partial charge in [-0.1, -0.05) is 18.2 Å². The van der Waals surface area contributed by atoms with Crippen LogP contribution in [0.3, 0.4) is 0 Å². The second kappa shape index (κ2) is 5.75. The number of halogens is 2. The first kappa shape index (κ1) is 14.5. The minimum Gasteiger partial charge on any atom is -0.382 e. The van der Waals surface area contributed by atoms with E-state index in [4.69, 9.17) is 0 Å². The number of rotatable bonds is 4. The van der Waals surface area contributed by atoms with E-state index in [0.717, 1.165) is 12.8 Å². The molecule has 22 heavy (non-hydrogen) atoms. The van der Waals surface area contributed by atoms with Gasteiger partial charge in [0.15, 0.2) is 11.6 Å². The minimum absolute atomic E-state index is 0.153. The molecule has 3 nitrogen and oxygen atoms in total. The molecule has 2 aromatic rings. The molecule has 0 saturated heterocycles. The third-order valence-electron chi connectivity index (χ3n) is 3.67. The van der Waals surface area contributed by atoms with Gasteiger partial charge in [-0.05, 0) is 38.0 Å². The smallest absolute Gasteiger partial charge is 0.255 e. The second-order valence-corrected chi connectivity index (χ2v) is 5.46. The topological polar surface area (TPSA) is 41.1 Å². The lowest BCUT2D eigenvalue weighted by Crippen LogP contribution is -2.15. The first-order valence-electron chi connectivity index (χ1n) is 7.18. The number of nitrogens with one attached hydrogen (secondary N) is 2. The Bertz CT molecular complexity index is 712. The second-order valence-electron chi connectivity index (χ2n) is 5.46. The molecule has 1 amide bonds. The van der Waals surface area contributed by atoms with Crippen molar-refractivity contribution < 1.29 is 13.6 Å². The van der Waals surface area contributed by atoms with Crippen LogP contribution in [0.15, 0.2) is 36.4 Å². The van der Waals surface area contributed by atoms with Crippen molar-refractivity contribution >= 4 is 17.3 Å². The molecule has 0 spiro atoms. The Morgan fingerprint density at radius 2 is 1.77 bits per heavy atom. The average Bonchev–Trinajstić information content (AvgIpc) is 3.34. The Labute approximate surface area is 127 Å². The summed E-state index contributed by atoms with van der Waals surface area (Å²) in [5, 5.41) is 5.58. The summed E-state index contributed by atoms with van der Waals surface area (Å²) in [6.45, 7) is 1.52. The number of amides is 1. The van der Waals surface area contributed by atoms with Crippen LogP contribution in [0.2, 0.25) is 0 Å². The van der Waals surface area contributed by atoms with Gasteiger partial charge in [0.2, 0.25) is 0 Å². The Balaban J connectivity index is 1.89. The highest BCUT2D eigenvalue weighted by Crippen LogP contribution is 2.32. The van der Waals surface area contributed by atoms with Crippen molar-refractivity contribution in [3.63, 3.8) is 0 Å². The maximum Gasteiger partial charge on any atom is 0.255 e. The first-order valence-corrected chi connectivity index (χ1v) is 7.18. The zero-order chi connectivity index (χ0) is 15.7. The fourth-order valence-electron chi connectivity index (χ4n) is 2.19. The van der Waals surface area contributed by atoms with E-state index in [1.54, 1.807) is 30.3 Å². The number of benzene rings is 2. The lowest BCUT2D eigenvalue weighted by atomic mass is 10.1. The molecule has 5 heteroatoms. The molecule has 0 aromatic heterocycles. The molecule has 2 aromatic carbocycles. The summed E-state index contributed by atoms with van der Waals surface area (Å²) < 4.78 is 28.1. The third kappa shape index (κ3) is 2.93. The van der Waals surface area contributed by atoms with Crippen molar-refractivity contribution in [2.45, 2.75) is 25.8 Å². The maximum absolute atomic E-state index is 14.1. The molecule has 1 saturated carbocycles. The van der Waals surface area contributed by atoms with E-state index < -0.39 is 17.5 Å². The van der Waals surface area contributed by atoms with Gasteiger partial charge in [-0.25, -0.2) is 8.78 Å². The maximum atomic E-state index is 14.1. The van der Waals surface area contributed by atoms with Crippen LogP contribution in [0.4, 0.5) is 20.2 Å². The van der Waals surface area contributed by atoms with Crippen molar-refractivity contribution in [3.05, 3.63) is 59.2 Å². The summed E-state index contributed by atoms with van der Waals surface area (Å²) in [6, 6.07) is 10.2. The summed E-state index contributed by atoms with van der Waals surface area (Å²) in [5.74, 6) is -2.45. The molecule has 0 radical (unpaired) electrons. The molecule has 0 aliphatic heterocycles. The van der Waals surface area contributed by atoms with E-state index in [-0.39, 0.29) is 11.3 Å². The highest BCUT2D eigenvalue weighted by atomic mass is 19.2. The van der Waals surface area contributed by atoms with E-state index in [1.807, 2.05) is 0 Å². The number of hydrogen-bond donors (Lipinski definition) is 2. The van der Waals surface area contributed by atoms with Gasteiger partial charge < -0.3 is 10.6 Å². The van der Waals surface area contributed by atoms with Crippen LogP contribution in [0.25, 0.3) is 0 Å². The predicted molar refractivity (Wildman–Crippen MR) is 82.1 cm³/mol. The van der Waals surface area contributed by atoms with Crippen LogP contribution < -0.4 is 10.6 Å². The zero-order valence-electron chi connectivity index (χ0n) is 12.1. The standard InChI is InChI=1S/C17H16F2N2O/c1-10-13(20-12-7-8-12)9-14(16(19)15(10)18)21-17(22)11-5-3-2-4-6-11/h2-6,9,12,20H,7-8H2,1H3,(H,21,22). The van der Waals surface area contributed by atoms with E-state index in [2.05, 4.69) is 10.6 Å². The van der Waals surface area contributed by atoms with Crippen molar-refractivity contribution in [1.82, 2.24) is 0 Å². The molecule has 1 aliphatic rings. The molecule has 0 bridgehead atoms. The Morgan fingerprint density at radius 1 is 1.09 bits per heavy atom. The van der Waals surface area contributed by atoms with Gasteiger partial charge >= 0.3 is 0 Å². The molecule has 3 rings (SSSR count). The van der Waals surface area contributed by atoms with E-state index >= 15 is 0 Å². The van der Waals surface area contributed by atoms with Crippen LogP contribution in [0.5, 0.6) is 0 Å². The summed E-state index contributed by atoms with van der Waals surface area (Å²) in [6.07, 6.45) is 2.04. The van der Waals surface area contributed by atoms with Crippen molar-refractivity contribution in [2.75, 3.05) is 10.6 Å². The molecule has 0 unspecified atom stereocenters. The predicted octanol–water partition coefficient (Wildman–Crippen LogP) is 4.10. The fraction of sp³-hybridized carbons (Fsp3) is 0.235. The lowest BCUT2D eigenvalue weighted by molar-refractivity contribution is 0.102. The summed E-state index contributed by atoms with van der Waals surface area (Å²) in [4.78, 5) is 12.1. The van der Waals surface area contributed by atoms with Gasteiger partial charge in [-0.3, -0.25) is 4.79 Å². The number of carbonyl (C=O) groups is 1.